The number of hydrogen-bond acceptors (Lipinski definition) is 5. The molecule has 4 heterocycles. The number of rotatable bonds is 6. The lowest BCUT2D eigenvalue weighted by molar-refractivity contribution is 1.18. The first-order valence-electron chi connectivity index (χ1n) is 18.0. The van der Waals surface area contributed by atoms with Gasteiger partial charge in [0.15, 0.2) is 5.82 Å². The zero-order chi connectivity index (χ0) is 35.8. The lowest BCUT2D eigenvalue weighted by Crippen LogP contribution is -1.99. The van der Waals surface area contributed by atoms with Gasteiger partial charge in [-0.15, -0.1) is 0 Å². The largest absolute Gasteiger partial charge is 0.256 e. The highest BCUT2D eigenvalue weighted by Crippen LogP contribution is 2.37. The van der Waals surface area contributed by atoms with Gasteiger partial charge in [0.2, 0.25) is 0 Å². The number of hydrogen-bond donors (Lipinski definition) is 0. The molecule has 10 aromatic rings. The summed E-state index contributed by atoms with van der Waals surface area (Å²) in [5.74, 6) is 0.617. The van der Waals surface area contributed by atoms with Crippen molar-refractivity contribution < 1.29 is 0 Å². The van der Waals surface area contributed by atoms with Gasteiger partial charge in [-0.3, -0.25) is 4.98 Å². The summed E-state index contributed by atoms with van der Waals surface area (Å²) in [5, 5.41) is 3.06. The van der Waals surface area contributed by atoms with E-state index in [-0.39, 0.29) is 0 Å². The third-order valence-electron chi connectivity index (χ3n) is 9.92. The number of para-hydroxylation sites is 1. The molecule has 0 saturated carbocycles. The van der Waals surface area contributed by atoms with Crippen LogP contribution in [0.25, 0.3) is 100 Å². The van der Waals surface area contributed by atoms with E-state index in [2.05, 4.69) is 121 Å². The van der Waals surface area contributed by atoms with Gasteiger partial charge in [0.1, 0.15) is 0 Å². The van der Waals surface area contributed by atoms with Crippen LogP contribution in [0.4, 0.5) is 0 Å². The smallest absolute Gasteiger partial charge is 0.161 e. The van der Waals surface area contributed by atoms with Crippen molar-refractivity contribution >= 4 is 32.7 Å². The van der Waals surface area contributed by atoms with Crippen molar-refractivity contribution in [3.63, 3.8) is 0 Å². The van der Waals surface area contributed by atoms with Crippen molar-refractivity contribution in [2.75, 3.05) is 0 Å². The molecule has 0 amide bonds. The van der Waals surface area contributed by atoms with Crippen molar-refractivity contribution in [2.45, 2.75) is 0 Å². The summed E-state index contributed by atoms with van der Waals surface area (Å²) in [5.41, 5.74) is 13.1. The summed E-state index contributed by atoms with van der Waals surface area (Å²) in [6, 6.07) is 62.5. The van der Waals surface area contributed by atoms with Gasteiger partial charge >= 0.3 is 0 Å². The predicted molar refractivity (Wildman–Crippen MR) is 221 cm³/mol. The fourth-order valence-electron chi connectivity index (χ4n) is 7.24. The summed E-state index contributed by atoms with van der Waals surface area (Å²) in [7, 11) is 0. The van der Waals surface area contributed by atoms with Crippen LogP contribution in [-0.2, 0) is 0 Å². The molecule has 0 aliphatic carbocycles. The highest BCUT2D eigenvalue weighted by molar-refractivity contribution is 6.09. The molecular weight excluding hydrogens is 659 g/mol. The van der Waals surface area contributed by atoms with Crippen molar-refractivity contribution in [3.8, 4) is 67.5 Å². The van der Waals surface area contributed by atoms with Crippen LogP contribution in [-0.4, -0.2) is 24.9 Å². The van der Waals surface area contributed by atoms with E-state index >= 15 is 0 Å². The van der Waals surface area contributed by atoms with Crippen LogP contribution in [0, 0.1) is 0 Å². The van der Waals surface area contributed by atoms with Crippen LogP contribution >= 0.6 is 0 Å². The van der Waals surface area contributed by atoms with Gasteiger partial charge in [-0.25, -0.2) is 19.9 Å². The summed E-state index contributed by atoms with van der Waals surface area (Å²) >= 11 is 0. The molecule has 0 atom stereocenters. The van der Waals surface area contributed by atoms with E-state index in [1.54, 1.807) is 0 Å². The average Bonchev–Trinajstić information content (AvgIpc) is 3.26. The van der Waals surface area contributed by atoms with Gasteiger partial charge in [-0.2, -0.15) is 0 Å². The minimum absolute atomic E-state index is 0.617. The molecule has 0 N–H and O–H groups in total. The Balaban J connectivity index is 1.22. The fourth-order valence-corrected chi connectivity index (χ4v) is 7.24. The predicted octanol–water partition coefficient (Wildman–Crippen LogP) is 12.1. The first-order chi connectivity index (χ1) is 26.7. The molecule has 0 radical (unpaired) electrons. The Labute approximate surface area is 312 Å². The number of aromatic nitrogens is 5. The first kappa shape index (κ1) is 31.4. The van der Waals surface area contributed by atoms with E-state index < -0.39 is 0 Å². The van der Waals surface area contributed by atoms with E-state index in [1.165, 1.54) is 0 Å². The minimum atomic E-state index is 0.617. The molecule has 6 aromatic carbocycles. The second kappa shape index (κ2) is 13.3. The molecule has 54 heavy (non-hydrogen) atoms. The van der Waals surface area contributed by atoms with Crippen LogP contribution < -0.4 is 0 Å². The zero-order valence-corrected chi connectivity index (χ0v) is 29.1. The molecule has 0 fully saturated rings. The van der Waals surface area contributed by atoms with Crippen LogP contribution in [0.15, 0.2) is 188 Å². The Morgan fingerprint density at radius 3 is 1.59 bits per heavy atom. The lowest BCUT2D eigenvalue weighted by atomic mass is 9.98. The minimum Gasteiger partial charge on any atom is -0.256 e. The molecule has 252 valence electrons. The quantitative estimate of drug-likeness (QED) is 0.163. The first-order valence-corrected chi connectivity index (χ1v) is 18.0. The summed E-state index contributed by atoms with van der Waals surface area (Å²) in [4.78, 5) is 25.9. The van der Waals surface area contributed by atoms with E-state index in [1.807, 2.05) is 66.9 Å². The zero-order valence-electron chi connectivity index (χ0n) is 29.1. The van der Waals surface area contributed by atoms with Crippen LogP contribution in [0.5, 0.6) is 0 Å². The maximum Gasteiger partial charge on any atom is 0.161 e. The van der Waals surface area contributed by atoms with Crippen molar-refractivity contribution in [1.29, 1.82) is 0 Å². The molecule has 5 nitrogen and oxygen atoms in total. The molecular formula is C49H31N5. The van der Waals surface area contributed by atoms with Crippen LogP contribution in [0.2, 0.25) is 0 Å². The summed E-state index contributed by atoms with van der Waals surface area (Å²) in [6.07, 6.45) is 1.85. The number of pyridine rings is 3. The third kappa shape index (κ3) is 5.74. The SMILES string of the molecule is c1ccc(-c2cc(-c3cccc(-c4cccc5cccnc45)c3)nc(-c3cc(-c4ccccc4)nc4c3ccc3ccc(-c5ccccc5)nc34)n2)cc1. The number of benzene rings is 6. The van der Waals surface area contributed by atoms with Crippen molar-refractivity contribution in [3.05, 3.63) is 188 Å². The molecule has 0 unspecified atom stereocenters. The molecule has 0 aliphatic rings. The maximum absolute atomic E-state index is 5.35. The van der Waals surface area contributed by atoms with Crippen molar-refractivity contribution in [2.24, 2.45) is 0 Å². The maximum atomic E-state index is 5.35. The highest BCUT2D eigenvalue weighted by Gasteiger charge is 2.18. The Morgan fingerprint density at radius 1 is 0.296 bits per heavy atom. The Bertz CT molecular complexity index is 2980. The average molecular weight is 690 g/mol. The molecule has 0 saturated heterocycles. The molecule has 4 aromatic heterocycles. The van der Waals surface area contributed by atoms with E-state index in [4.69, 9.17) is 24.9 Å². The standard InChI is InChI=1S/C49H31N5/c1-4-13-32(14-5-1)42-27-25-36-24-26-40-41(30-43(33-15-6-2-7-16-33)52-48(40)47(36)51-42)49-53-44(34-17-8-3-9-18-34)31-45(54-49)38-21-10-20-37(29-38)39-23-11-19-35-22-12-28-50-46(35)39/h1-31H. The van der Waals surface area contributed by atoms with E-state index in [0.29, 0.717) is 5.82 Å². The van der Waals surface area contributed by atoms with Crippen LogP contribution in [0.3, 0.4) is 0 Å². The third-order valence-corrected chi connectivity index (χ3v) is 9.92. The van der Waals surface area contributed by atoms with Gasteiger partial charge in [0, 0.05) is 55.7 Å². The Hall–Kier alpha value is -7.37. The van der Waals surface area contributed by atoms with Crippen LogP contribution in [0.1, 0.15) is 0 Å². The van der Waals surface area contributed by atoms with Gasteiger partial charge in [0.05, 0.1) is 39.3 Å². The van der Waals surface area contributed by atoms with E-state index in [0.717, 1.165) is 94.4 Å². The monoisotopic (exact) mass is 689 g/mol. The molecule has 0 bridgehead atoms. The second-order valence-corrected chi connectivity index (χ2v) is 13.3. The Kier molecular flexibility index (Phi) is 7.73. The Morgan fingerprint density at radius 2 is 0.852 bits per heavy atom. The highest BCUT2D eigenvalue weighted by atomic mass is 14.9. The molecule has 5 heteroatoms. The van der Waals surface area contributed by atoms with Gasteiger partial charge < -0.3 is 0 Å². The lowest BCUT2D eigenvalue weighted by Gasteiger charge is -2.14. The molecule has 0 spiro atoms. The van der Waals surface area contributed by atoms with Gasteiger partial charge in [0.25, 0.3) is 0 Å². The topological polar surface area (TPSA) is 64.5 Å². The second-order valence-electron chi connectivity index (χ2n) is 13.3. The number of fused-ring (bicyclic) bond motifs is 4. The normalized spacial score (nSPS) is 11.3. The van der Waals surface area contributed by atoms with Gasteiger partial charge in [-0.1, -0.05) is 152 Å². The summed E-state index contributed by atoms with van der Waals surface area (Å²) in [6.45, 7) is 0. The fraction of sp³-hybridized carbons (Fsp3) is 0. The molecule has 0 aliphatic heterocycles. The van der Waals surface area contributed by atoms with Gasteiger partial charge in [-0.05, 0) is 35.9 Å². The number of nitrogens with zero attached hydrogens (tertiary/aromatic N) is 5. The van der Waals surface area contributed by atoms with E-state index in [9.17, 15) is 0 Å². The van der Waals surface area contributed by atoms with Crippen molar-refractivity contribution in [1.82, 2.24) is 24.9 Å². The summed E-state index contributed by atoms with van der Waals surface area (Å²) < 4.78 is 0. The molecule has 10 rings (SSSR count).